The minimum Gasteiger partial charge on any atom is -0.389 e. The van der Waals surface area contributed by atoms with Gasteiger partial charge in [0.05, 0.1) is 0 Å². The second-order valence-corrected chi connectivity index (χ2v) is 4.47. The van der Waals surface area contributed by atoms with Gasteiger partial charge in [-0.3, -0.25) is 4.79 Å². The van der Waals surface area contributed by atoms with Crippen LogP contribution in [0.5, 0.6) is 0 Å². The van der Waals surface area contributed by atoms with Crippen molar-refractivity contribution in [1.29, 1.82) is 0 Å². The molecule has 0 aromatic carbocycles. The molecule has 14 heavy (non-hydrogen) atoms. The zero-order valence-corrected chi connectivity index (χ0v) is 9.17. The van der Waals surface area contributed by atoms with E-state index in [0.717, 1.165) is 18.8 Å². The van der Waals surface area contributed by atoms with E-state index in [4.69, 9.17) is 5.11 Å². The van der Waals surface area contributed by atoms with Crippen LogP contribution in [0.15, 0.2) is 0 Å². The second kappa shape index (κ2) is 6.18. The molecule has 1 saturated carbocycles. The molecule has 0 aliphatic heterocycles. The van der Waals surface area contributed by atoms with Crippen LogP contribution in [0.1, 0.15) is 51.9 Å². The summed E-state index contributed by atoms with van der Waals surface area (Å²) >= 11 is 0. The molecular weight excluding hydrogens is 176 g/mol. The summed E-state index contributed by atoms with van der Waals surface area (Å²) in [6.45, 7) is 1.77. The Bertz CT molecular complexity index is 171. The Morgan fingerprint density at radius 3 is 2.50 bits per heavy atom. The smallest absolute Gasteiger partial charge is 0.161 e. The van der Waals surface area contributed by atoms with E-state index in [1.54, 1.807) is 0 Å². The number of aliphatic hydroxyl groups is 1. The van der Waals surface area contributed by atoms with E-state index in [9.17, 15) is 4.79 Å². The van der Waals surface area contributed by atoms with Crippen molar-refractivity contribution in [2.75, 3.05) is 6.61 Å². The lowest BCUT2D eigenvalue weighted by atomic mass is 9.81. The van der Waals surface area contributed by atoms with Gasteiger partial charge >= 0.3 is 0 Å². The average Bonchev–Trinajstić information content (AvgIpc) is 2.26. The minimum absolute atomic E-state index is 0.0399. The van der Waals surface area contributed by atoms with E-state index in [2.05, 4.69) is 0 Å². The summed E-state index contributed by atoms with van der Waals surface area (Å²) in [4.78, 5) is 11.4. The summed E-state index contributed by atoms with van der Waals surface area (Å²) in [7, 11) is 0. The van der Waals surface area contributed by atoms with Crippen LogP contribution in [0, 0.1) is 11.8 Å². The van der Waals surface area contributed by atoms with Gasteiger partial charge in [-0.25, -0.2) is 0 Å². The van der Waals surface area contributed by atoms with Gasteiger partial charge in [-0.05, 0) is 18.8 Å². The highest BCUT2D eigenvalue weighted by Gasteiger charge is 2.22. The fraction of sp³-hybridized carbons (Fsp3) is 0.917. The molecule has 2 nitrogen and oxygen atoms in total. The molecule has 1 aliphatic carbocycles. The molecule has 0 saturated heterocycles. The molecule has 0 aromatic heterocycles. The quantitative estimate of drug-likeness (QED) is 0.737. The molecule has 1 fully saturated rings. The van der Waals surface area contributed by atoms with E-state index >= 15 is 0 Å². The third kappa shape index (κ3) is 3.41. The molecule has 0 heterocycles. The van der Waals surface area contributed by atoms with E-state index in [0.29, 0.717) is 0 Å². The fourth-order valence-electron chi connectivity index (χ4n) is 2.48. The van der Waals surface area contributed by atoms with Crippen molar-refractivity contribution in [2.24, 2.45) is 11.8 Å². The van der Waals surface area contributed by atoms with Crippen molar-refractivity contribution in [3.8, 4) is 0 Å². The molecule has 1 atom stereocenters. The first-order chi connectivity index (χ1) is 6.77. The van der Waals surface area contributed by atoms with Gasteiger partial charge < -0.3 is 5.11 Å². The third-order valence-corrected chi connectivity index (χ3v) is 3.45. The second-order valence-electron chi connectivity index (χ2n) is 4.47. The molecule has 0 radical (unpaired) electrons. The monoisotopic (exact) mass is 198 g/mol. The van der Waals surface area contributed by atoms with Crippen LogP contribution in [0.2, 0.25) is 0 Å². The summed E-state index contributed by atoms with van der Waals surface area (Å²) in [6.07, 6.45) is 8.49. The standard InChI is InChI=1S/C12H22O2/c1-2-11(12(14)9-13)8-10-6-4-3-5-7-10/h10-11,13H,2-9H2,1H3. The van der Waals surface area contributed by atoms with Crippen molar-refractivity contribution < 1.29 is 9.90 Å². The maximum atomic E-state index is 11.4. The van der Waals surface area contributed by atoms with Crippen molar-refractivity contribution >= 4 is 5.78 Å². The molecule has 0 bridgehead atoms. The minimum atomic E-state index is -0.273. The van der Waals surface area contributed by atoms with E-state index < -0.39 is 0 Å². The van der Waals surface area contributed by atoms with Gasteiger partial charge in [0.2, 0.25) is 0 Å². The molecule has 1 rings (SSSR count). The number of aliphatic hydroxyl groups excluding tert-OH is 1. The summed E-state index contributed by atoms with van der Waals surface area (Å²) < 4.78 is 0. The summed E-state index contributed by atoms with van der Waals surface area (Å²) in [5.41, 5.74) is 0. The molecule has 2 heteroatoms. The first kappa shape index (κ1) is 11.7. The van der Waals surface area contributed by atoms with E-state index in [1.165, 1.54) is 32.1 Å². The number of hydrogen-bond acceptors (Lipinski definition) is 2. The summed E-state index contributed by atoms with van der Waals surface area (Å²) in [5.74, 6) is 0.894. The fourth-order valence-corrected chi connectivity index (χ4v) is 2.48. The van der Waals surface area contributed by atoms with Gasteiger partial charge in [-0.2, -0.15) is 0 Å². The number of hydrogen-bond donors (Lipinski definition) is 1. The number of Topliss-reactive ketones (excluding diaryl/α,β-unsaturated/α-hetero) is 1. The number of rotatable bonds is 5. The summed E-state index contributed by atoms with van der Waals surface area (Å²) in [6, 6.07) is 0. The Labute approximate surface area is 86.7 Å². The average molecular weight is 198 g/mol. The normalized spacial score (nSPS) is 20.7. The van der Waals surface area contributed by atoms with Crippen molar-refractivity contribution in [1.82, 2.24) is 0 Å². The SMILES string of the molecule is CCC(CC1CCCCC1)C(=O)CO. The van der Waals surface area contributed by atoms with Crippen molar-refractivity contribution in [3.63, 3.8) is 0 Å². The van der Waals surface area contributed by atoms with Crippen LogP contribution in [0.4, 0.5) is 0 Å². The highest BCUT2D eigenvalue weighted by Crippen LogP contribution is 2.30. The molecule has 1 N–H and O–H groups in total. The third-order valence-electron chi connectivity index (χ3n) is 3.45. The molecule has 0 amide bonds. The summed E-state index contributed by atoms with van der Waals surface area (Å²) in [5, 5.41) is 8.82. The Hall–Kier alpha value is -0.370. The molecule has 82 valence electrons. The van der Waals surface area contributed by atoms with Gasteiger partial charge in [-0.15, -0.1) is 0 Å². The topological polar surface area (TPSA) is 37.3 Å². The van der Waals surface area contributed by atoms with Gasteiger partial charge in [-0.1, -0.05) is 39.0 Å². The number of carbonyl (C=O) groups excluding carboxylic acids is 1. The lowest BCUT2D eigenvalue weighted by Crippen LogP contribution is -2.21. The van der Waals surface area contributed by atoms with Crippen molar-refractivity contribution in [2.45, 2.75) is 51.9 Å². The molecular formula is C12H22O2. The van der Waals surface area contributed by atoms with Gasteiger partial charge in [0.1, 0.15) is 6.61 Å². The Morgan fingerprint density at radius 2 is 2.00 bits per heavy atom. The maximum absolute atomic E-state index is 11.4. The predicted octanol–water partition coefficient (Wildman–Crippen LogP) is 2.54. The Kier molecular flexibility index (Phi) is 5.16. The molecule has 1 unspecified atom stereocenters. The lowest BCUT2D eigenvalue weighted by Gasteiger charge is -2.24. The van der Waals surface area contributed by atoms with Crippen LogP contribution in [0.25, 0.3) is 0 Å². The van der Waals surface area contributed by atoms with Crippen LogP contribution >= 0.6 is 0 Å². The van der Waals surface area contributed by atoms with E-state index in [-0.39, 0.29) is 18.3 Å². The largest absolute Gasteiger partial charge is 0.389 e. The predicted molar refractivity (Wildman–Crippen MR) is 57.1 cm³/mol. The van der Waals surface area contributed by atoms with Crippen molar-refractivity contribution in [3.05, 3.63) is 0 Å². The van der Waals surface area contributed by atoms with Crippen LogP contribution in [0.3, 0.4) is 0 Å². The zero-order valence-electron chi connectivity index (χ0n) is 9.17. The first-order valence-corrected chi connectivity index (χ1v) is 5.91. The Morgan fingerprint density at radius 1 is 1.36 bits per heavy atom. The molecule has 0 aromatic rings. The number of ketones is 1. The zero-order chi connectivity index (χ0) is 10.4. The lowest BCUT2D eigenvalue weighted by molar-refractivity contribution is -0.126. The number of carbonyl (C=O) groups is 1. The van der Waals surface area contributed by atoms with E-state index in [1.807, 2.05) is 6.92 Å². The van der Waals surface area contributed by atoms with Gasteiger partial charge in [0.15, 0.2) is 5.78 Å². The van der Waals surface area contributed by atoms with Crippen LogP contribution in [-0.4, -0.2) is 17.5 Å². The van der Waals surface area contributed by atoms with Crippen LogP contribution in [-0.2, 0) is 4.79 Å². The maximum Gasteiger partial charge on any atom is 0.161 e. The van der Waals surface area contributed by atoms with Crippen LogP contribution < -0.4 is 0 Å². The highest BCUT2D eigenvalue weighted by atomic mass is 16.3. The molecule has 0 spiro atoms. The highest BCUT2D eigenvalue weighted by molar-refractivity contribution is 5.81. The first-order valence-electron chi connectivity index (χ1n) is 5.91. The van der Waals surface area contributed by atoms with Gasteiger partial charge in [0, 0.05) is 5.92 Å². The Balaban J connectivity index is 2.34. The van der Waals surface area contributed by atoms with Gasteiger partial charge in [0.25, 0.3) is 0 Å². The molecule has 1 aliphatic rings.